The fraction of sp³-hybridized carbons (Fsp3) is 0.154. The van der Waals surface area contributed by atoms with E-state index in [2.05, 4.69) is 15.3 Å². The lowest BCUT2D eigenvalue weighted by Gasteiger charge is -2.21. The third-order valence-electron chi connectivity index (χ3n) is 5.75. The maximum Gasteiger partial charge on any atom is 0.271 e. The van der Waals surface area contributed by atoms with Gasteiger partial charge in [-0.15, -0.1) is 0 Å². The number of imidazole rings is 1. The van der Waals surface area contributed by atoms with Crippen LogP contribution in [0.3, 0.4) is 0 Å². The van der Waals surface area contributed by atoms with E-state index in [9.17, 15) is 19.2 Å². The fourth-order valence-corrected chi connectivity index (χ4v) is 3.81. The Morgan fingerprint density at radius 3 is 2.30 bits per heavy atom. The zero-order valence-corrected chi connectivity index (χ0v) is 20.0. The predicted octanol–water partition coefficient (Wildman–Crippen LogP) is 2.08. The lowest BCUT2D eigenvalue weighted by molar-refractivity contribution is -0.116. The van der Waals surface area contributed by atoms with Gasteiger partial charge in [0.15, 0.2) is 11.3 Å². The number of fused-ring (bicyclic) bond motifs is 1. The Kier molecular flexibility index (Phi) is 7.23. The molecule has 2 aromatic carbocycles. The van der Waals surface area contributed by atoms with Crippen molar-refractivity contribution in [3.05, 3.63) is 83.9 Å². The first kappa shape index (κ1) is 25.0. The summed E-state index contributed by atoms with van der Waals surface area (Å²) in [6, 6.07) is 17.0. The van der Waals surface area contributed by atoms with Crippen molar-refractivity contribution in [3.63, 3.8) is 0 Å². The van der Waals surface area contributed by atoms with Crippen molar-refractivity contribution in [1.82, 2.24) is 19.3 Å². The van der Waals surface area contributed by atoms with Crippen LogP contribution in [0, 0.1) is 0 Å². The highest BCUT2D eigenvalue weighted by Crippen LogP contribution is 2.22. The number of amides is 4. The number of hydrogen-bond donors (Lipinski definition) is 3. The first-order valence-electron chi connectivity index (χ1n) is 11.5. The van der Waals surface area contributed by atoms with Crippen LogP contribution in [0.2, 0.25) is 0 Å². The van der Waals surface area contributed by atoms with Gasteiger partial charge in [0.05, 0.1) is 5.69 Å². The first-order chi connectivity index (χ1) is 17.8. The van der Waals surface area contributed by atoms with Crippen molar-refractivity contribution in [1.29, 1.82) is 0 Å². The summed E-state index contributed by atoms with van der Waals surface area (Å²) >= 11 is 0. The standard InChI is InChI=1S/C26H25N7O4/c1-2-32(13-12-21(34)30-18-10-8-17(9-11-18)23(27)35)26(37)20-14-19(16-6-4-3-5-7-16)31-25-22(24(28)36)29-15-33(20)25/h3-11,14-15H,2,12-13H2,1H3,(H2,27,35)(H2,28,36)(H,30,34). The average molecular weight is 500 g/mol. The number of aromatic nitrogens is 3. The molecular weight excluding hydrogens is 474 g/mol. The number of benzene rings is 2. The Morgan fingerprint density at radius 2 is 1.68 bits per heavy atom. The summed E-state index contributed by atoms with van der Waals surface area (Å²) in [7, 11) is 0. The van der Waals surface area contributed by atoms with Gasteiger partial charge in [0, 0.05) is 36.3 Å². The van der Waals surface area contributed by atoms with Crippen molar-refractivity contribution in [2.75, 3.05) is 18.4 Å². The maximum absolute atomic E-state index is 13.6. The smallest absolute Gasteiger partial charge is 0.271 e. The van der Waals surface area contributed by atoms with Gasteiger partial charge in [0.25, 0.3) is 11.8 Å². The number of rotatable bonds is 9. The van der Waals surface area contributed by atoms with Gasteiger partial charge in [-0.05, 0) is 37.3 Å². The number of nitrogens with two attached hydrogens (primary N) is 2. The van der Waals surface area contributed by atoms with Crippen LogP contribution in [0.4, 0.5) is 5.69 Å². The molecule has 0 aliphatic rings. The molecule has 0 saturated carbocycles. The predicted molar refractivity (Wildman–Crippen MR) is 137 cm³/mol. The number of nitrogens with one attached hydrogen (secondary N) is 1. The third kappa shape index (κ3) is 5.45. The quantitative estimate of drug-likeness (QED) is 0.319. The van der Waals surface area contributed by atoms with Gasteiger partial charge in [-0.1, -0.05) is 30.3 Å². The maximum atomic E-state index is 13.6. The molecule has 0 saturated heterocycles. The summed E-state index contributed by atoms with van der Waals surface area (Å²) in [6.07, 6.45) is 1.37. The van der Waals surface area contributed by atoms with Crippen molar-refractivity contribution in [2.45, 2.75) is 13.3 Å². The average Bonchev–Trinajstić information content (AvgIpc) is 3.33. The monoisotopic (exact) mass is 499 g/mol. The van der Waals surface area contributed by atoms with Crippen LogP contribution in [-0.2, 0) is 4.79 Å². The number of anilines is 1. The summed E-state index contributed by atoms with van der Waals surface area (Å²) in [5.74, 6) is -1.98. The molecule has 37 heavy (non-hydrogen) atoms. The van der Waals surface area contributed by atoms with Gasteiger partial charge in [-0.3, -0.25) is 23.6 Å². The molecule has 2 heterocycles. The molecule has 0 spiro atoms. The van der Waals surface area contributed by atoms with Crippen LogP contribution in [0.5, 0.6) is 0 Å². The molecule has 2 aromatic heterocycles. The van der Waals surface area contributed by atoms with E-state index < -0.39 is 11.8 Å². The van der Waals surface area contributed by atoms with E-state index in [1.165, 1.54) is 27.8 Å². The van der Waals surface area contributed by atoms with Gasteiger partial charge >= 0.3 is 0 Å². The SMILES string of the molecule is CCN(CCC(=O)Nc1ccc(C(N)=O)cc1)C(=O)c1cc(-c2ccccc2)nc2c(C(N)=O)ncn12. The minimum atomic E-state index is -0.758. The Labute approximate surface area is 212 Å². The lowest BCUT2D eigenvalue weighted by Crippen LogP contribution is -2.35. The van der Waals surface area contributed by atoms with Crippen LogP contribution >= 0.6 is 0 Å². The van der Waals surface area contributed by atoms with Gasteiger partial charge in [0.1, 0.15) is 12.0 Å². The Bertz CT molecular complexity index is 1480. The van der Waals surface area contributed by atoms with E-state index in [4.69, 9.17) is 11.5 Å². The normalized spacial score (nSPS) is 10.7. The van der Waals surface area contributed by atoms with Crippen molar-refractivity contribution in [2.24, 2.45) is 11.5 Å². The topological polar surface area (TPSA) is 166 Å². The summed E-state index contributed by atoms with van der Waals surface area (Å²) in [6.45, 7) is 2.28. The largest absolute Gasteiger partial charge is 0.366 e. The van der Waals surface area contributed by atoms with E-state index in [-0.39, 0.29) is 41.8 Å². The zero-order valence-electron chi connectivity index (χ0n) is 20.0. The molecular formula is C26H25N7O4. The minimum Gasteiger partial charge on any atom is -0.366 e. The zero-order chi connectivity index (χ0) is 26.5. The Morgan fingerprint density at radius 1 is 0.973 bits per heavy atom. The van der Waals surface area contributed by atoms with E-state index in [1.54, 1.807) is 25.1 Å². The summed E-state index contributed by atoms with van der Waals surface area (Å²) < 4.78 is 1.43. The van der Waals surface area contributed by atoms with E-state index in [0.29, 0.717) is 23.5 Å². The summed E-state index contributed by atoms with van der Waals surface area (Å²) in [5.41, 5.74) is 13.1. The highest BCUT2D eigenvalue weighted by Gasteiger charge is 2.23. The summed E-state index contributed by atoms with van der Waals surface area (Å²) in [5, 5.41) is 2.74. The van der Waals surface area contributed by atoms with E-state index in [0.717, 1.165) is 5.56 Å². The number of carbonyl (C=O) groups is 4. The minimum absolute atomic E-state index is 0.0351. The van der Waals surface area contributed by atoms with Gasteiger partial charge in [0.2, 0.25) is 11.8 Å². The number of hydrogen-bond acceptors (Lipinski definition) is 6. The fourth-order valence-electron chi connectivity index (χ4n) is 3.81. The Balaban J connectivity index is 1.57. The number of nitrogens with zero attached hydrogens (tertiary/aromatic N) is 4. The van der Waals surface area contributed by atoms with Crippen molar-refractivity contribution >= 4 is 35.0 Å². The second kappa shape index (κ2) is 10.7. The second-order valence-electron chi connectivity index (χ2n) is 8.17. The molecule has 0 radical (unpaired) electrons. The van der Waals surface area contributed by atoms with Gasteiger partial charge in [-0.25, -0.2) is 9.97 Å². The van der Waals surface area contributed by atoms with Gasteiger partial charge < -0.3 is 21.7 Å². The molecule has 0 aliphatic heterocycles. The molecule has 4 aromatic rings. The number of carbonyl (C=O) groups excluding carboxylic acids is 4. The van der Waals surface area contributed by atoms with E-state index in [1.807, 2.05) is 30.3 Å². The van der Waals surface area contributed by atoms with Crippen molar-refractivity contribution < 1.29 is 19.2 Å². The summed E-state index contributed by atoms with van der Waals surface area (Å²) in [4.78, 5) is 59.3. The van der Waals surface area contributed by atoms with Crippen LogP contribution in [0.15, 0.2) is 67.0 Å². The molecule has 0 fully saturated rings. The van der Waals surface area contributed by atoms with Crippen LogP contribution in [-0.4, -0.2) is 56.0 Å². The van der Waals surface area contributed by atoms with Crippen LogP contribution in [0.25, 0.3) is 16.9 Å². The highest BCUT2D eigenvalue weighted by molar-refractivity contribution is 6.00. The first-order valence-corrected chi connectivity index (χ1v) is 11.5. The third-order valence-corrected chi connectivity index (χ3v) is 5.75. The second-order valence-corrected chi connectivity index (χ2v) is 8.17. The van der Waals surface area contributed by atoms with Gasteiger partial charge in [-0.2, -0.15) is 0 Å². The van der Waals surface area contributed by atoms with Crippen molar-refractivity contribution in [3.8, 4) is 11.3 Å². The molecule has 0 bridgehead atoms. The number of primary amides is 2. The molecule has 11 nitrogen and oxygen atoms in total. The molecule has 5 N–H and O–H groups in total. The molecule has 0 atom stereocenters. The Hall–Kier alpha value is -5.06. The van der Waals surface area contributed by atoms with Crippen LogP contribution < -0.4 is 16.8 Å². The molecule has 11 heteroatoms. The molecule has 4 rings (SSSR count). The lowest BCUT2D eigenvalue weighted by atomic mass is 10.1. The van der Waals surface area contributed by atoms with E-state index >= 15 is 0 Å². The molecule has 0 unspecified atom stereocenters. The highest BCUT2D eigenvalue weighted by atomic mass is 16.2. The molecule has 188 valence electrons. The molecule has 0 aliphatic carbocycles. The van der Waals surface area contributed by atoms with Crippen LogP contribution in [0.1, 0.15) is 44.7 Å². The molecule has 4 amide bonds.